The van der Waals surface area contributed by atoms with Crippen molar-refractivity contribution < 1.29 is 18.0 Å². The number of rotatable bonds is 10. The van der Waals surface area contributed by atoms with Gasteiger partial charge in [-0.05, 0) is 69.0 Å². The molecule has 2 aromatic rings. The number of carbonyl (C=O) groups excluding carboxylic acids is 2. The van der Waals surface area contributed by atoms with Crippen molar-refractivity contribution in [2.24, 2.45) is 0 Å². The van der Waals surface area contributed by atoms with Gasteiger partial charge in [-0.25, -0.2) is 8.42 Å². The van der Waals surface area contributed by atoms with Crippen molar-refractivity contribution in [2.45, 2.75) is 59.7 Å². The molecule has 0 aliphatic rings. The molecule has 2 amide bonds. The van der Waals surface area contributed by atoms with E-state index in [1.807, 2.05) is 32.9 Å². The molecule has 0 aliphatic carbocycles. The molecular weight excluding hydrogens is 474 g/mol. The number of aryl methyl sites for hydroxylation is 2. The fourth-order valence-corrected chi connectivity index (χ4v) is 4.44. The molecule has 186 valence electrons. The van der Waals surface area contributed by atoms with Gasteiger partial charge in [0, 0.05) is 17.6 Å². The molecule has 34 heavy (non-hydrogen) atoms. The van der Waals surface area contributed by atoms with E-state index in [1.54, 1.807) is 44.2 Å². The van der Waals surface area contributed by atoms with Gasteiger partial charge in [0.1, 0.15) is 12.6 Å². The van der Waals surface area contributed by atoms with Gasteiger partial charge in [0.25, 0.3) is 0 Å². The molecule has 0 fully saturated rings. The maximum absolute atomic E-state index is 13.6. The Morgan fingerprint density at radius 2 is 1.68 bits per heavy atom. The van der Waals surface area contributed by atoms with Crippen LogP contribution in [0.2, 0.25) is 5.02 Å². The molecule has 0 saturated carbocycles. The zero-order valence-corrected chi connectivity index (χ0v) is 22.2. The molecule has 2 atom stereocenters. The Hall–Kier alpha value is -2.58. The van der Waals surface area contributed by atoms with Crippen molar-refractivity contribution >= 4 is 39.1 Å². The maximum Gasteiger partial charge on any atom is 0.244 e. The summed E-state index contributed by atoms with van der Waals surface area (Å²) < 4.78 is 26.5. The molecule has 0 bridgehead atoms. The molecule has 0 aromatic heterocycles. The number of nitrogens with zero attached hydrogens (tertiary/aromatic N) is 2. The Balaban J connectivity index is 2.42. The van der Waals surface area contributed by atoms with Crippen LogP contribution in [0.25, 0.3) is 0 Å². The zero-order valence-electron chi connectivity index (χ0n) is 20.6. The first kappa shape index (κ1) is 27.7. The third-order valence-corrected chi connectivity index (χ3v) is 7.13. The van der Waals surface area contributed by atoms with Crippen molar-refractivity contribution in [3.05, 3.63) is 64.2 Å². The summed E-state index contributed by atoms with van der Waals surface area (Å²) in [6.45, 7) is 8.87. The Labute approximate surface area is 208 Å². The molecule has 0 aliphatic heterocycles. The Morgan fingerprint density at radius 1 is 1.06 bits per heavy atom. The topological polar surface area (TPSA) is 86.8 Å². The van der Waals surface area contributed by atoms with Crippen LogP contribution in [0.5, 0.6) is 0 Å². The summed E-state index contributed by atoms with van der Waals surface area (Å²) in [5, 5.41) is 3.46. The summed E-state index contributed by atoms with van der Waals surface area (Å²) in [6.07, 6.45) is 1.82. The number of nitrogens with one attached hydrogen (secondary N) is 1. The summed E-state index contributed by atoms with van der Waals surface area (Å²) in [6, 6.07) is 11.6. The summed E-state index contributed by atoms with van der Waals surface area (Å²) in [7, 11) is -3.77. The van der Waals surface area contributed by atoms with E-state index < -0.39 is 28.5 Å². The van der Waals surface area contributed by atoms with Crippen LogP contribution in [-0.4, -0.2) is 50.0 Å². The number of anilines is 1. The minimum atomic E-state index is -3.77. The monoisotopic (exact) mass is 507 g/mol. The third kappa shape index (κ3) is 7.46. The lowest BCUT2D eigenvalue weighted by atomic mass is 10.1. The van der Waals surface area contributed by atoms with Gasteiger partial charge in [0.05, 0.1) is 11.9 Å². The number of halogens is 1. The quantitative estimate of drug-likeness (QED) is 0.525. The van der Waals surface area contributed by atoms with E-state index in [9.17, 15) is 18.0 Å². The Kier molecular flexibility index (Phi) is 9.53. The van der Waals surface area contributed by atoms with Crippen LogP contribution in [0.15, 0.2) is 42.5 Å². The number of amides is 2. The lowest BCUT2D eigenvalue weighted by Crippen LogP contribution is -2.52. The summed E-state index contributed by atoms with van der Waals surface area (Å²) in [4.78, 5) is 27.9. The maximum atomic E-state index is 13.6. The average molecular weight is 508 g/mol. The summed E-state index contributed by atoms with van der Waals surface area (Å²) in [5.74, 6) is -0.776. The molecule has 0 saturated heterocycles. The van der Waals surface area contributed by atoms with Crippen LogP contribution < -0.4 is 9.62 Å². The highest BCUT2D eigenvalue weighted by atomic mass is 35.5. The van der Waals surface area contributed by atoms with E-state index in [4.69, 9.17) is 11.6 Å². The van der Waals surface area contributed by atoms with Gasteiger partial charge in [0.15, 0.2) is 0 Å². The summed E-state index contributed by atoms with van der Waals surface area (Å²) >= 11 is 5.99. The second-order valence-corrected chi connectivity index (χ2v) is 11.0. The van der Waals surface area contributed by atoms with Crippen LogP contribution in [-0.2, 0) is 26.2 Å². The highest BCUT2D eigenvalue weighted by Gasteiger charge is 2.31. The second kappa shape index (κ2) is 11.7. The van der Waals surface area contributed by atoms with Gasteiger partial charge in [-0.2, -0.15) is 0 Å². The van der Waals surface area contributed by atoms with Crippen LogP contribution in [0.1, 0.15) is 43.9 Å². The number of hydrogen-bond acceptors (Lipinski definition) is 4. The highest BCUT2D eigenvalue weighted by Crippen LogP contribution is 2.24. The predicted molar refractivity (Wildman–Crippen MR) is 137 cm³/mol. The number of hydrogen-bond donors (Lipinski definition) is 1. The molecule has 0 radical (unpaired) electrons. The van der Waals surface area contributed by atoms with E-state index in [2.05, 4.69) is 5.32 Å². The first-order chi connectivity index (χ1) is 15.8. The third-order valence-electron chi connectivity index (χ3n) is 5.75. The van der Waals surface area contributed by atoms with Gasteiger partial charge in [-0.3, -0.25) is 13.9 Å². The van der Waals surface area contributed by atoms with Gasteiger partial charge in [-0.15, -0.1) is 0 Å². The minimum Gasteiger partial charge on any atom is -0.352 e. The molecular formula is C25H34ClN3O4S. The first-order valence-corrected chi connectivity index (χ1v) is 13.4. The molecule has 2 aromatic carbocycles. The van der Waals surface area contributed by atoms with Crippen molar-refractivity contribution in [2.75, 3.05) is 17.1 Å². The molecule has 0 heterocycles. The van der Waals surface area contributed by atoms with Crippen LogP contribution >= 0.6 is 11.6 Å². The zero-order chi connectivity index (χ0) is 25.6. The SMILES string of the molecule is CCC(C)NC(=O)C(C)N(Cc1ccc(Cl)cc1)C(=O)CN(c1cc(C)ccc1C)S(C)(=O)=O. The highest BCUT2D eigenvalue weighted by molar-refractivity contribution is 7.92. The summed E-state index contributed by atoms with van der Waals surface area (Å²) in [5.41, 5.74) is 2.83. The minimum absolute atomic E-state index is 0.0510. The molecule has 1 N–H and O–H groups in total. The fraction of sp³-hybridized carbons (Fsp3) is 0.440. The Morgan fingerprint density at radius 3 is 2.24 bits per heavy atom. The number of carbonyl (C=O) groups is 2. The van der Waals surface area contributed by atoms with E-state index in [0.717, 1.165) is 33.7 Å². The molecule has 2 unspecified atom stereocenters. The van der Waals surface area contributed by atoms with E-state index in [-0.39, 0.29) is 18.5 Å². The fourth-order valence-electron chi connectivity index (χ4n) is 3.42. The molecule has 7 nitrogen and oxygen atoms in total. The smallest absolute Gasteiger partial charge is 0.244 e. The van der Waals surface area contributed by atoms with Crippen LogP contribution in [0.4, 0.5) is 5.69 Å². The largest absolute Gasteiger partial charge is 0.352 e. The van der Waals surface area contributed by atoms with E-state index in [1.165, 1.54) is 4.90 Å². The number of sulfonamides is 1. The van der Waals surface area contributed by atoms with Crippen LogP contribution in [0.3, 0.4) is 0 Å². The normalized spacial score (nSPS) is 13.1. The van der Waals surface area contributed by atoms with Gasteiger partial charge >= 0.3 is 0 Å². The number of benzene rings is 2. The van der Waals surface area contributed by atoms with Crippen LogP contribution in [0, 0.1) is 13.8 Å². The van der Waals surface area contributed by atoms with Gasteiger partial charge in [0.2, 0.25) is 21.8 Å². The van der Waals surface area contributed by atoms with Gasteiger partial charge < -0.3 is 10.2 Å². The molecule has 0 spiro atoms. The molecule has 9 heteroatoms. The van der Waals surface area contributed by atoms with Crippen molar-refractivity contribution in [1.82, 2.24) is 10.2 Å². The second-order valence-electron chi connectivity index (χ2n) is 8.70. The van der Waals surface area contributed by atoms with Crippen molar-refractivity contribution in [1.29, 1.82) is 0 Å². The average Bonchev–Trinajstić information content (AvgIpc) is 2.77. The first-order valence-electron chi connectivity index (χ1n) is 11.2. The molecule has 2 rings (SSSR count). The van der Waals surface area contributed by atoms with Crippen molar-refractivity contribution in [3.8, 4) is 0 Å². The standard InChI is InChI=1S/C25H34ClN3O4S/c1-7-19(4)27-25(31)20(5)28(15-21-10-12-22(26)13-11-21)24(30)16-29(34(6,32)33)23-14-17(2)8-9-18(23)3/h8-14,19-20H,7,15-16H2,1-6H3,(H,27,31). The van der Waals surface area contributed by atoms with E-state index in [0.29, 0.717) is 10.7 Å². The van der Waals surface area contributed by atoms with Crippen molar-refractivity contribution in [3.63, 3.8) is 0 Å². The lowest BCUT2D eigenvalue weighted by Gasteiger charge is -2.32. The Bertz CT molecular complexity index is 1120. The lowest BCUT2D eigenvalue weighted by molar-refractivity contribution is -0.139. The predicted octanol–water partition coefficient (Wildman–Crippen LogP) is 4.05. The van der Waals surface area contributed by atoms with E-state index >= 15 is 0 Å². The van der Waals surface area contributed by atoms with Gasteiger partial charge in [-0.1, -0.05) is 42.8 Å².